The molecule has 0 amide bonds. The average molecular weight is 807 g/mol. The van der Waals surface area contributed by atoms with Crippen LogP contribution in [-0.2, 0) is 28.6 Å². The number of esters is 3. The predicted molar refractivity (Wildman–Crippen MR) is 243 cm³/mol. The molecule has 0 saturated heterocycles. The zero-order chi connectivity index (χ0) is 41.7. The summed E-state index contributed by atoms with van der Waals surface area (Å²) in [7, 11) is 0. The lowest BCUT2D eigenvalue weighted by Gasteiger charge is -2.18. The first kappa shape index (κ1) is 55.4. The van der Waals surface area contributed by atoms with E-state index in [-0.39, 0.29) is 31.1 Å². The molecule has 0 radical (unpaired) electrons. The van der Waals surface area contributed by atoms with Crippen LogP contribution in [0.1, 0.15) is 285 Å². The zero-order valence-corrected chi connectivity index (χ0v) is 38.8. The van der Waals surface area contributed by atoms with E-state index in [1.54, 1.807) is 0 Å². The molecular weight excluding hydrogens is 709 g/mol. The van der Waals surface area contributed by atoms with Gasteiger partial charge < -0.3 is 14.2 Å². The maximum atomic E-state index is 12.8. The van der Waals surface area contributed by atoms with Gasteiger partial charge in [0.05, 0.1) is 0 Å². The van der Waals surface area contributed by atoms with Gasteiger partial charge in [-0.2, -0.15) is 0 Å². The summed E-state index contributed by atoms with van der Waals surface area (Å²) in [5, 5.41) is 0. The molecule has 0 aliphatic carbocycles. The Balaban J connectivity index is 4.30. The molecule has 0 aromatic heterocycles. The highest BCUT2D eigenvalue weighted by atomic mass is 16.6. The Kier molecular flexibility index (Phi) is 44.2. The van der Waals surface area contributed by atoms with Gasteiger partial charge in [0.1, 0.15) is 13.2 Å². The summed E-state index contributed by atoms with van der Waals surface area (Å²) in [5.41, 5.74) is 0. The van der Waals surface area contributed by atoms with Crippen LogP contribution in [0.2, 0.25) is 0 Å². The molecule has 0 saturated carbocycles. The quantitative estimate of drug-likeness (QED) is 0.0346. The van der Waals surface area contributed by atoms with E-state index >= 15 is 0 Å². The van der Waals surface area contributed by atoms with Gasteiger partial charge in [0, 0.05) is 19.3 Å². The van der Waals surface area contributed by atoms with E-state index in [1.807, 2.05) is 0 Å². The van der Waals surface area contributed by atoms with Crippen LogP contribution in [0.5, 0.6) is 0 Å². The number of rotatable bonds is 46. The standard InChI is InChI=1S/C51H98O6/c1-5-7-9-11-13-15-17-18-24-28-32-36-40-44-51(54)57-48(45-55-49(52)42-38-34-30-26-21-16-14-12-10-8-6-2)46-56-50(53)43-39-35-31-27-23-20-19-22-25-29-33-37-41-47(3)4/h47-48H,5-46H2,1-4H3/t48-/m0/s1. The average Bonchev–Trinajstić information content (AvgIpc) is 3.19. The van der Waals surface area contributed by atoms with Gasteiger partial charge >= 0.3 is 17.9 Å². The molecule has 338 valence electrons. The monoisotopic (exact) mass is 807 g/mol. The van der Waals surface area contributed by atoms with Crippen molar-refractivity contribution in [1.82, 2.24) is 0 Å². The van der Waals surface area contributed by atoms with Crippen LogP contribution < -0.4 is 0 Å². The topological polar surface area (TPSA) is 78.9 Å². The minimum absolute atomic E-state index is 0.0629. The van der Waals surface area contributed by atoms with Crippen LogP contribution in [0.15, 0.2) is 0 Å². The Bertz CT molecular complexity index is 857. The first-order chi connectivity index (χ1) is 27.9. The minimum atomic E-state index is -0.760. The third-order valence-corrected chi connectivity index (χ3v) is 11.5. The van der Waals surface area contributed by atoms with Crippen molar-refractivity contribution in [2.24, 2.45) is 5.92 Å². The highest BCUT2D eigenvalue weighted by Gasteiger charge is 2.19. The van der Waals surface area contributed by atoms with Gasteiger partial charge in [-0.1, -0.05) is 246 Å². The van der Waals surface area contributed by atoms with E-state index in [1.165, 1.54) is 180 Å². The number of ether oxygens (including phenoxy) is 3. The van der Waals surface area contributed by atoms with Crippen LogP contribution in [0, 0.1) is 5.92 Å². The molecule has 0 aromatic carbocycles. The van der Waals surface area contributed by atoms with Crippen molar-refractivity contribution >= 4 is 17.9 Å². The third kappa shape index (κ3) is 45.3. The largest absolute Gasteiger partial charge is 0.462 e. The lowest BCUT2D eigenvalue weighted by atomic mass is 10.0. The zero-order valence-electron chi connectivity index (χ0n) is 38.8. The van der Waals surface area contributed by atoms with Crippen LogP contribution >= 0.6 is 0 Å². The summed E-state index contributed by atoms with van der Waals surface area (Å²) < 4.78 is 16.8. The molecule has 0 aromatic rings. The fraction of sp³-hybridized carbons (Fsp3) is 0.941. The summed E-state index contributed by atoms with van der Waals surface area (Å²) in [6, 6.07) is 0. The molecule has 0 heterocycles. The van der Waals surface area contributed by atoms with Gasteiger partial charge in [-0.15, -0.1) is 0 Å². The Morgan fingerprint density at radius 1 is 0.333 bits per heavy atom. The van der Waals surface area contributed by atoms with Crippen molar-refractivity contribution in [3.63, 3.8) is 0 Å². The Morgan fingerprint density at radius 2 is 0.579 bits per heavy atom. The molecule has 0 unspecified atom stereocenters. The second-order valence-corrected chi connectivity index (χ2v) is 17.9. The highest BCUT2D eigenvalue weighted by molar-refractivity contribution is 5.71. The number of carbonyl (C=O) groups excluding carboxylic acids is 3. The van der Waals surface area contributed by atoms with Crippen molar-refractivity contribution in [3.8, 4) is 0 Å². The molecule has 0 rings (SSSR count). The van der Waals surface area contributed by atoms with Crippen LogP contribution in [0.3, 0.4) is 0 Å². The summed E-state index contributed by atoms with van der Waals surface area (Å²) >= 11 is 0. The molecule has 0 fully saturated rings. The number of hydrogen-bond donors (Lipinski definition) is 0. The van der Waals surface area contributed by atoms with Gasteiger partial charge in [0.25, 0.3) is 0 Å². The molecule has 0 bridgehead atoms. The summed E-state index contributed by atoms with van der Waals surface area (Å²) in [4.78, 5) is 37.9. The molecule has 1 atom stereocenters. The number of carbonyl (C=O) groups is 3. The first-order valence-electron chi connectivity index (χ1n) is 25.4. The van der Waals surface area contributed by atoms with Gasteiger partial charge in [0.2, 0.25) is 0 Å². The normalized spacial score (nSPS) is 11.9. The maximum Gasteiger partial charge on any atom is 0.306 e. The maximum absolute atomic E-state index is 12.8. The third-order valence-electron chi connectivity index (χ3n) is 11.5. The lowest BCUT2D eigenvalue weighted by Crippen LogP contribution is -2.30. The van der Waals surface area contributed by atoms with E-state index in [2.05, 4.69) is 27.7 Å². The molecular formula is C51H98O6. The summed E-state index contributed by atoms with van der Waals surface area (Å²) in [5.74, 6) is -0.0121. The molecule has 0 N–H and O–H groups in total. The first-order valence-corrected chi connectivity index (χ1v) is 25.4. The van der Waals surface area contributed by atoms with E-state index in [0.29, 0.717) is 19.3 Å². The molecule has 6 heteroatoms. The van der Waals surface area contributed by atoms with Crippen molar-refractivity contribution in [2.75, 3.05) is 13.2 Å². The molecule has 6 nitrogen and oxygen atoms in total. The fourth-order valence-corrected chi connectivity index (χ4v) is 7.69. The van der Waals surface area contributed by atoms with Crippen molar-refractivity contribution < 1.29 is 28.6 Å². The molecule has 0 aliphatic rings. The summed E-state index contributed by atoms with van der Waals surface area (Å²) in [6.45, 7) is 9.02. The van der Waals surface area contributed by atoms with E-state index < -0.39 is 6.10 Å². The molecule has 0 spiro atoms. The van der Waals surface area contributed by atoms with E-state index in [0.717, 1.165) is 63.7 Å². The van der Waals surface area contributed by atoms with Crippen LogP contribution in [-0.4, -0.2) is 37.2 Å². The predicted octanol–water partition coefficient (Wildman–Crippen LogP) is 16.3. The smallest absolute Gasteiger partial charge is 0.306 e. The van der Waals surface area contributed by atoms with E-state index in [9.17, 15) is 14.4 Å². The Labute approximate surface area is 355 Å². The molecule has 0 aliphatic heterocycles. The van der Waals surface area contributed by atoms with Gasteiger partial charge in [-0.05, 0) is 25.2 Å². The second kappa shape index (κ2) is 45.5. The second-order valence-electron chi connectivity index (χ2n) is 17.9. The van der Waals surface area contributed by atoms with Crippen LogP contribution in [0.25, 0.3) is 0 Å². The van der Waals surface area contributed by atoms with Crippen molar-refractivity contribution in [1.29, 1.82) is 0 Å². The minimum Gasteiger partial charge on any atom is -0.462 e. The van der Waals surface area contributed by atoms with Gasteiger partial charge in [-0.25, -0.2) is 0 Å². The lowest BCUT2D eigenvalue weighted by molar-refractivity contribution is -0.167. The Morgan fingerprint density at radius 3 is 0.860 bits per heavy atom. The SMILES string of the molecule is CCCCCCCCCCCCCCCC(=O)O[C@@H](COC(=O)CCCCCCCCCCCCC)COC(=O)CCCCCCCCCCCCCCC(C)C. The Hall–Kier alpha value is -1.59. The number of hydrogen-bond acceptors (Lipinski definition) is 6. The van der Waals surface area contributed by atoms with E-state index in [4.69, 9.17) is 14.2 Å². The van der Waals surface area contributed by atoms with Gasteiger partial charge in [0.15, 0.2) is 6.10 Å². The summed E-state index contributed by atoms with van der Waals surface area (Å²) in [6.07, 6.45) is 46.5. The fourth-order valence-electron chi connectivity index (χ4n) is 7.69. The van der Waals surface area contributed by atoms with Crippen LogP contribution in [0.4, 0.5) is 0 Å². The van der Waals surface area contributed by atoms with Crippen molar-refractivity contribution in [2.45, 2.75) is 291 Å². The van der Waals surface area contributed by atoms with Crippen molar-refractivity contribution in [3.05, 3.63) is 0 Å². The van der Waals surface area contributed by atoms with Gasteiger partial charge in [-0.3, -0.25) is 14.4 Å². The molecule has 57 heavy (non-hydrogen) atoms. The number of unbranched alkanes of at least 4 members (excludes halogenated alkanes) is 33. The highest BCUT2D eigenvalue weighted by Crippen LogP contribution is 2.17.